The van der Waals surface area contributed by atoms with Gasteiger partial charge in [0.05, 0.1) is 17.9 Å². The highest BCUT2D eigenvalue weighted by Crippen LogP contribution is 2.12. The van der Waals surface area contributed by atoms with Gasteiger partial charge in [-0.15, -0.1) is 0 Å². The second-order valence-corrected chi connectivity index (χ2v) is 4.04. The topological polar surface area (TPSA) is 64.2 Å². The van der Waals surface area contributed by atoms with Gasteiger partial charge in [0.1, 0.15) is 0 Å². The minimum atomic E-state index is -0.463. The number of hydrogen-bond donors (Lipinski definition) is 1. The van der Waals surface area contributed by atoms with Crippen LogP contribution in [-0.2, 0) is 11.8 Å². The Morgan fingerprint density at radius 2 is 2.20 bits per heavy atom. The zero-order valence-corrected chi connectivity index (χ0v) is 9.64. The normalized spacial score (nSPS) is 12.9. The van der Waals surface area contributed by atoms with Gasteiger partial charge in [-0.3, -0.25) is 9.48 Å². The molecule has 0 unspecified atom stereocenters. The van der Waals surface area contributed by atoms with E-state index in [1.165, 1.54) is 4.90 Å². The first-order valence-corrected chi connectivity index (χ1v) is 4.95. The second kappa shape index (κ2) is 4.44. The lowest BCUT2D eigenvalue weighted by atomic mass is 10.0. The van der Waals surface area contributed by atoms with Crippen molar-refractivity contribution in [2.45, 2.75) is 19.9 Å². The van der Waals surface area contributed by atoms with Crippen LogP contribution < -0.4 is 10.6 Å². The van der Waals surface area contributed by atoms with Crippen LogP contribution in [0.5, 0.6) is 0 Å². The predicted octanol–water partition coefficient (Wildman–Crippen LogP) is 0.366. The molecule has 1 aromatic heterocycles. The number of carbonyl (C=O) groups excluding carboxylic acids is 1. The lowest BCUT2D eigenvalue weighted by molar-refractivity contribution is -0.120. The van der Waals surface area contributed by atoms with Crippen molar-refractivity contribution in [3.63, 3.8) is 0 Å². The average Bonchev–Trinajstić information content (AvgIpc) is 2.61. The zero-order valence-electron chi connectivity index (χ0n) is 9.64. The maximum absolute atomic E-state index is 11.9. The summed E-state index contributed by atoms with van der Waals surface area (Å²) in [5.41, 5.74) is 6.55. The molecule has 1 heterocycles. The molecule has 1 aromatic rings. The smallest absolute Gasteiger partial charge is 0.243 e. The summed E-state index contributed by atoms with van der Waals surface area (Å²) in [6, 6.07) is -0.463. The summed E-state index contributed by atoms with van der Waals surface area (Å²) in [5.74, 6) is 0.0506. The van der Waals surface area contributed by atoms with Crippen LogP contribution in [0.3, 0.4) is 0 Å². The Morgan fingerprint density at radius 1 is 1.60 bits per heavy atom. The van der Waals surface area contributed by atoms with E-state index >= 15 is 0 Å². The summed E-state index contributed by atoms with van der Waals surface area (Å²) in [7, 11) is 3.52. The summed E-state index contributed by atoms with van der Waals surface area (Å²) >= 11 is 0. The van der Waals surface area contributed by atoms with Crippen molar-refractivity contribution >= 4 is 11.6 Å². The molecule has 5 heteroatoms. The summed E-state index contributed by atoms with van der Waals surface area (Å²) < 4.78 is 1.65. The van der Waals surface area contributed by atoms with Crippen molar-refractivity contribution < 1.29 is 4.79 Å². The van der Waals surface area contributed by atoms with Crippen LogP contribution >= 0.6 is 0 Å². The van der Waals surface area contributed by atoms with Crippen LogP contribution in [0.2, 0.25) is 0 Å². The number of aromatic nitrogens is 2. The maximum Gasteiger partial charge on any atom is 0.243 e. The molecule has 2 N–H and O–H groups in total. The van der Waals surface area contributed by atoms with Gasteiger partial charge < -0.3 is 10.6 Å². The number of hydrogen-bond acceptors (Lipinski definition) is 3. The first-order chi connectivity index (χ1) is 6.93. The molecular formula is C10H18N4O. The fourth-order valence-corrected chi connectivity index (χ4v) is 1.22. The van der Waals surface area contributed by atoms with E-state index in [4.69, 9.17) is 5.73 Å². The molecule has 0 saturated heterocycles. The van der Waals surface area contributed by atoms with E-state index in [0.29, 0.717) is 0 Å². The van der Waals surface area contributed by atoms with Crippen molar-refractivity contribution in [2.24, 2.45) is 18.7 Å². The molecule has 0 aliphatic heterocycles. The molecule has 1 amide bonds. The van der Waals surface area contributed by atoms with Crippen LogP contribution in [0.25, 0.3) is 0 Å². The van der Waals surface area contributed by atoms with Gasteiger partial charge in [0.25, 0.3) is 0 Å². The van der Waals surface area contributed by atoms with Gasteiger partial charge >= 0.3 is 0 Å². The molecule has 0 aliphatic rings. The van der Waals surface area contributed by atoms with Crippen molar-refractivity contribution in [3.05, 3.63) is 12.4 Å². The minimum absolute atomic E-state index is 0.0852. The molecule has 5 nitrogen and oxygen atoms in total. The van der Waals surface area contributed by atoms with Gasteiger partial charge in [-0.2, -0.15) is 5.10 Å². The molecular weight excluding hydrogens is 192 g/mol. The van der Waals surface area contributed by atoms with Gasteiger partial charge in [0.15, 0.2) is 0 Å². The highest BCUT2D eigenvalue weighted by Gasteiger charge is 2.22. The van der Waals surface area contributed by atoms with Gasteiger partial charge in [-0.05, 0) is 5.92 Å². The molecule has 0 saturated carbocycles. The molecule has 0 bridgehead atoms. The molecule has 0 radical (unpaired) electrons. The molecule has 0 aromatic carbocycles. The Hall–Kier alpha value is -1.36. The molecule has 1 atom stereocenters. The quantitative estimate of drug-likeness (QED) is 0.783. The van der Waals surface area contributed by atoms with Crippen molar-refractivity contribution in [1.29, 1.82) is 0 Å². The summed E-state index contributed by atoms with van der Waals surface area (Å²) in [5, 5.41) is 4.01. The van der Waals surface area contributed by atoms with Gasteiger partial charge in [-0.25, -0.2) is 0 Å². The van der Waals surface area contributed by atoms with E-state index in [2.05, 4.69) is 5.10 Å². The standard InChI is InChI=1S/C10H18N4O/c1-7(2)9(11)10(15)14(4)8-5-12-13(3)6-8/h5-7,9H,11H2,1-4H3/t9-/m0/s1. The number of carbonyl (C=O) groups is 1. The van der Waals surface area contributed by atoms with Crippen LogP contribution in [-0.4, -0.2) is 28.8 Å². The zero-order chi connectivity index (χ0) is 11.6. The molecule has 0 fully saturated rings. The Labute approximate surface area is 89.9 Å². The van der Waals surface area contributed by atoms with Crippen molar-refractivity contribution in [1.82, 2.24) is 9.78 Å². The third kappa shape index (κ3) is 2.56. The van der Waals surface area contributed by atoms with E-state index in [1.807, 2.05) is 20.9 Å². The minimum Gasteiger partial charge on any atom is -0.320 e. The van der Waals surface area contributed by atoms with Gasteiger partial charge in [-0.1, -0.05) is 13.8 Å². The third-order valence-corrected chi connectivity index (χ3v) is 2.41. The number of nitrogens with zero attached hydrogens (tertiary/aromatic N) is 3. The average molecular weight is 210 g/mol. The predicted molar refractivity (Wildman–Crippen MR) is 59.4 cm³/mol. The third-order valence-electron chi connectivity index (χ3n) is 2.41. The van der Waals surface area contributed by atoms with Crippen LogP contribution in [0.15, 0.2) is 12.4 Å². The molecule has 15 heavy (non-hydrogen) atoms. The number of nitrogens with two attached hydrogens (primary N) is 1. The molecule has 1 rings (SSSR count). The van der Waals surface area contributed by atoms with E-state index in [0.717, 1.165) is 5.69 Å². The van der Waals surface area contributed by atoms with Crippen molar-refractivity contribution in [2.75, 3.05) is 11.9 Å². The fourth-order valence-electron chi connectivity index (χ4n) is 1.22. The number of aryl methyl sites for hydroxylation is 1. The fraction of sp³-hybridized carbons (Fsp3) is 0.600. The Kier molecular flexibility index (Phi) is 3.47. The summed E-state index contributed by atoms with van der Waals surface area (Å²) in [4.78, 5) is 13.4. The van der Waals surface area contributed by atoms with Gasteiger partial charge in [0.2, 0.25) is 5.91 Å². The molecule has 0 aliphatic carbocycles. The Bertz CT molecular complexity index is 345. The van der Waals surface area contributed by atoms with Crippen LogP contribution in [0, 0.1) is 5.92 Å². The first kappa shape index (κ1) is 11.7. The van der Waals surface area contributed by atoms with Gasteiger partial charge in [0, 0.05) is 20.3 Å². The number of amides is 1. The van der Waals surface area contributed by atoms with Crippen LogP contribution in [0.1, 0.15) is 13.8 Å². The number of anilines is 1. The highest BCUT2D eigenvalue weighted by atomic mass is 16.2. The lowest BCUT2D eigenvalue weighted by Crippen LogP contribution is -2.44. The van der Waals surface area contributed by atoms with Crippen LogP contribution in [0.4, 0.5) is 5.69 Å². The Morgan fingerprint density at radius 3 is 2.60 bits per heavy atom. The monoisotopic (exact) mass is 210 g/mol. The SMILES string of the molecule is CC(C)[C@H](N)C(=O)N(C)c1cnn(C)c1. The van der Waals surface area contributed by atoms with E-state index in [1.54, 1.807) is 24.1 Å². The maximum atomic E-state index is 11.9. The molecule has 0 spiro atoms. The number of rotatable bonds is 3. The number of likely N-dealkylation sites (N-methyl/N-ethyl adjacent to an activating group) is 1. The summed E-state index contributed by atoms with van der Waals surface area (Å²) in [6.45, 7) is 3.86. The van der Waals surface area contributed by atoms with E-state index in [9.17, 15) is 4.79 Å². The molecule has 84 valence electrons. The van der Waals surface area contributed by atoms with Crippen molar-refractivity contribution in [3.8, 4) is 0 Å². The lowest BCUT2D eigenvalue weighted by Gasteiger charge is -2.21. The first-order valence-electron chi connectivity index (χ1n) is 4.95. The van der Waals surface area contributed by atoms with E-state index < -0.39 is 6.04 Å². The highest BCUT2D eigenvalue weighted by molar-refractivity contribution is 5.96. The summed E-state index contributed by atoms with van der Waals surface area (Å²) in [6.07, 6.45) is 3.43. The Balaban J connectivity index is 2.77. The van der Waals surface area contributed by atoms with E-state index in [-0.39, 0.29) is 11.8 Å². The largest absolute Gasteiger partial charge is 0.320 e. The second-order valence-electron chi connectivity index (χ2n) is 4.04.